The number of hydrogen-bond donors (Lipinski definition) is 1. The molecule has 0 saturated carbocycles. The second-order valence-electron chi connectivity index (χ2n) is 3.48. The summed E-state index contributed by atoms with van der Waals surface area (Å²) in [6, 6.07) is 7.47. The minimum Gasteiger partial charge on any atom is -0.478 e. The Bertz CT molecular complexity index is 497. The van der Waals surface area contributed by atoms with Gasteiger partial charge in [0.05, 0.1) is 0 Å². The maximum atomic E-state index is 10.3. The predicted molar refractivity (Wildman–Crippen MR) is 70.8 cm³/mol. The van der Waals surface area contributed by atoms with Gasteiger partial charge in [-0.3, -0.25) is 0 Å². The van der Waals surface area contributed by atoms with E-state index in [1.807, 2.05) is 36.4 Å². The van der Waals surface area contributed by atoms with Crippen LogP contribution in [0.4, 0.5) is 0 Å². The van der Waals surface area contributed by atoms with E-state index < -0.39 is 5.97 Å². The van der Waals surface area contributed by atoms with Gasteiger partial charge < -0.3 is 5.11 Å². The van der Waals surface area contributed by atoms with Crippen LogP contribution in [0.15, 0.2) is 41.5 Å². The summed E-state index contributed by atoms with van der Waals surface area (Å²) in [6.07, 6.45) is 7.20. The molecule has 0 aliphatic carbocycles. The smallest absolute Gasteiger partial charge is 0.328 e. The first-order chi connectivity index (χ1) is 8.72. The van der Waals surface area contributed by atoms with Gasteiger partial charge in [-0.2, -0.15) is 0 Å². The van der Waals surface area contributed by atoms with Gasteiger partial charge in [-0.05, 0) is 29.2 Å². The molecule has 0 spiro atoms. The molecule has 0 unspecified atom stereocenters. The van der Waals surface area contributed by atoms with Crippen LogP contribution in [0.25, 0.3) is 22.6 Å². The summed E-state index contributed by atoms with van der Waals surface area (Å²) in [4.78, 5) is 13.0. The lowest BCUT2D eigenvalue weighted by atomic mass is 10.1. The number of carbonyl (C=O) groups is 1. The van der Waals surface area contributed by atoms with E-state index in [4.69, 9.17) is 10.6 Å². The van der Waals surface area contributed by atoms with Crippen LogP contribution < -0.4 is 0 Å². The van der Waals surface area contributed by atoms with Gasteiger partial charge >= 0.3 is 5.97 Å². The Morgan fingerprint density at radius 3 is 2.44 bits per heavy atom. The molecule has 1 aromatic rings. The van der Waals surface area contributed by atoms with Crippen LogP contribution in [-0.4, -0.2) is 17.6 Å². The van der Waals surface area contributed by atoms with Crippen LogP contribution in [0.1, 0.15) is 17.5 Å². The molecule has 5 heteroatoms. The number of carboxylic acids is 1. The molecule has 0 heterocycles. The van der Waals surface area contributed by atoms with Crippen molar-refractivity contribution in [3.05, 3.63) is 58.0 Å². The van der Waals surface area contributed by atoms with Crippen LogP contribution in [0.3, 0.4) is 0 Å². The minimum atomic E-state index is -0.961. The van der Waals surface area contributed by atoms with Crippen LogP contribution in [0.2, 0.25) is 0 Å². The van der Waals surface area contributed by atoms with E-state index in [2.05, 4.69) is 10.0 Å². The molecule has 1 aromatic carbocycles. The number of benzene rings is 1. The van der Waals surface area contributed by atoms with E-state index in [1.165, 1.54) is 6.08 Å². The second-order valence-corrected chi connectivity index (χ2v) is 3.48. The summed E-state index contributed by atoms with van der Waals surface area (Å²) < 4.78 is 0. The Balaban J connectivity index is 2.54. The quantitative estimate of drug-likeness (QED) is 0.272. The third-order valence-corrected chi connectivity index (χ3v) is 2.12. The Morgan fingerprint density at radius 2 is 1.89 bits per heavy atom. The highest BCUT2D eigenvalue weighted by Crippen LogP contribution is 2.08. The van der Waals surface area contributed by atoms with Crippen molar-refractivity contribution in [1.29, 1.82) is 0 Å². The van der Waals surface area contributed by atoms with Gasteiger partial charge in [-0.25, -0.2) is 4.79 Å². The van der Waals surface area contributed by atoms with Gasteiger partial charge in [0.25, 0.3) is 0 Å². The van der Waals surface area contributed by atoms with Crippen LogP contribution in [0, 0.1) is 0 Å². The van der Waals surface area contributed by atoms with Crippen LogP contribution in [-0.2, 0) is 4.79 Å². The molecule has 0 atom stereocenters. The molecule has 0 amide bonds. The Labute approximate surface area is 105 Å². The summed E-state index contributed by atoms with van der Waals surface area (Å²) >= 11 is 0. The molecule has 0 saturated heterocycles. The Hall–Kier alpha value is -2.52. The number of rotatable bonds is 6. The van der Waals surface area contributed by atoms with Crippen LogP contribution in [0.5, 0.6) is 0 Å². The van der Waals surface area contributed by atoms with E-state index in [-0.39, 0.29) is 0 Å². The zero-order valence-corrected chi connectivity index (χ0v) is 9.73. The van der Waals surface area contributed by atoms with Crippen molar-refractivity contribution in [2.24, 2.45) is 5.11 Å². The number of hydrogen-bond acceptors (Lipinski definition) is 2. The number of aliphatic carboxylic acids is 1. The summed E-state index contributed by atoms with van der Waals surface area (Å²) in [5.41, 5.74) is 9.94. The van der Waals surface area contributed by atoms with Crippen molar-refractivity contribution in [1.82, 2.24) is 0 Å². The van der Waals surface area contributed by atoms with Crippen molar-refractivity contribution in [3.63, 3.8) is 0 Å². The molecule has 5 nitrogen and oxygen atoms in total. The molecule has 0 aliphatic rings. The molecule has 0 radical (unpaired) electrons. The minimum absolute atomic E-state index is 0.451. The third-order valence-electron chi connectivity index (χ3n) is 2.12. The largest absolute Gasteiger partial charge is 0.478 e. The lowest BCUT2D eigenvalue weighted by Crippen LogP contribution is -1.85. The first-order valence-corrected chi connectivity index (χ1v) is 5.41. The molecule has 0 bridgehead atoms. The molecule has 1 N–H and O–H groups in total. The average Bonchev–Trinajstić information content (AvgIpc) is 2.37. The summed E-state index contributed by atoms with van der Waals surface area (Å²) in [5, 5.41) is 11.9. The van der Waals surface area contributed by atoms with Gasteiger partial charge in [0.1, 0.15) is 0 Å². The van der Waals surface area contributed by atoms with Crippen molar-refractivity contribution >= 4 is 18.1 Å². The molecule has 0 fully saturated rings. The lowest BCUT2D eigenvalue weighted by molar-refractivity contribution is -0.131. The Morgan fingerprint density at radius 1 is 1.28 bits per heavy atom. The first-order valence-electron chi connectivity index (χ1n) is 5.41. The van der Waals surface area contributed by atoms with Crippen LogP contribution >= 0.6 is 0 Å². The van der Waals surface area contributed by atoms with Gasteiger partial charge in [-0.15, -0.1) is 0 Å². The van der Waals surface area contributed by atoms with E-state index in [1.54, 1.807) is 0 Å². The molecule has 1 rings (SSSR count). The number of azide groups is 1. The van der Waals surface area contributed by atoms with Gasteiger partial charge in [0.15, 0.2) is 0 Å². The average molecular weight is 243 g/mol. The normalized spacial score (nSPS) is 10.7. The van der Waals surface area contributed by atoms with E-state index >= 15 is 0 Å². The SMILES string of the molecule is [N-]=[N+]=NCCC=Cc1ccc(/C=C/C(=O)O)cc1. The second kappa shape index (κ2) is 7.70. The summed E-state index contributed by atoms with van der Waals surface area (Å²) in [6.45, 7) is 0.451. The highest BCUT2D eigenvalue weighted by Gasteiger charge is 1.90. The topological polar surface area (TPSA) is 86.1 Å². The molecular weight excluding hydrogens is 230 g/mol. The highest BCUT2D eigenvalue weighted by molar-refractivity contribution is 5.85. The van der Waals surface area contributed by atoms with Gasteiger partial charge in [-0.1, -0.05) is 41.5 Å². The maximum Gasteiger partial charge on any atom is 0.328 e. The first kappa shape index (κ1) is 13.5. The fourth-order valence-electron chi connectivity index (χ4n) is 1.28. The standard InChI is InChI=1S/C13H13N3O2/c14-16-15-10-2-1-3-11-4-6-12(7-5-11)8-9-13(17)18/h1,3-9H,2,10H2,(H,17,18)/b3-1?,9-8+. The predicted octanol–water partition coefficient (Wildman–Crippen LogP) is 3.50. The number of nitrogens with zero attached hydrogens (tertiary/aromatic N) is 3. The fraction of sp³-hybridized carbons (Fsp3) is 0.154. The summed E-state index contributed by atoms with van der Waals surface area (Å²) in [5.74, 6) is -0.961. The zero-order chi connectivity index (χ0) is 13.2. The van der Waals surface area contributed by atoms with Crippen molar-refractivity contribution < 1.29 is 9.90 Å². The van der Waals surface area contributed by atoms with Crippen molar-refractivity contribution in [2.45, 2.75) is 6.42 Å². The third kappa shape index (κ3) is 5.53. The van der Waals surface area contributed by atoms with Crippen molar-refractivity contribution in [2.75, 3.05) is 6.54 Å². The lowest BCUT2D eigenvalue weighted by Gasteiger charge is -1.95. The van der Waals surface area contributed by atoms with E-state index in [9.17, 15) is 4.79 Å². The maximum absolute atomic E-state index is 10.3. The van der Waals surface area contributed by atoms with E-state index in [0.717, 1.165) is 17.2 Å². The fourth-order valence-corrected chi connectivity index (χ4v) is 1.28. The van der Waals surface area contributed by atoms with E-state index in [0.29, 0.717) is 13.0 Å². The Kier molecular flexibility index (Phi) is 5.80. The summed E-state index contributed by atoms with van der Waals surface area (Å²) in [7, 11) is 0. The zero-order valence-electron chi connectivity index (χ0n) is 9.73. The highest BCUT2D eigenvalue weighted by atomic mass is 16.4. The molecular formula is C13H13N3O2. The number of carboxylic acid groups (broad SMARTS) is 1. The molecule has 0 aromatic heterocycles. The molecule has 0 aliphatic heterocycles. The monoisotopic (exact) mass is 243 g/mol. The molecule has 92 valence electrons. The van der Waals surface area contributed by atoms with Crippen molar-refractivity contribution in [3.8, 4) is 0 Å². The molecule has 18 heavy (non-hydrogen) atoms. The van der Waals surface area contributed by atoms with Gasteiger partial charge in [0, 0.05) is 17.5 Å². The van der Waals surface area contributed by atoms with Gasteiger partial charge in [0.2, 0.25) is 0 Å².